The van der Waals surface area contributed by atoms with Crippen LogP contribution in [-0.2, 0) is 9.59 Å². The molecule has 0 rings (SSSR count). The molecule has 0 aliphatic carbocycles. The fourth-order valence-electron chi connectivity index (χ4n) is 1.21. The summed E-state index contributed by atoms with van der Waals surface area (Å²) < 4.78 is 0. The molecule has 0 spiro atoms. The van der Waals surface area contributed by atoms with E-state index >= 15 is 0 Å². The van der Waals surface area contributed by atoms with Crippen molar-refractivity contribution in [2.45, 2.75) is 46.6 Å². The maximum absolute atomic E-state index is 11.2. The van der Waals surface area contributed by atoms with E-state index in [1.807, 2.05) is 20.8 Å². The van der Waals surface area contributed by atoms with Crippen molar-refractivity contribution in [3.63, 3.8) is 0 Å². The quantitative estimate of drug-likeness (QED) is 0.705. The van der Waals surface area contributed by atoms with E-state index in [1.165, 1.54) is 6.92 Å². The summed E-state index contributed by atoms with van der Waals surface area (Å²) in [6.07, 6.45) is 1.31. The molecule has 0 aliphatic heterocycles. The standard InChI is InChI=1S/C10H19NO2/c1-5-6-9(13)11-10(7(2)3)8(4)12/h7,10H,5-6H2,1-4H3,(H,11,13)/t10-/m1/s1. The van der Waals surface area contributed by atoms with Crippen LogP contribution in [0.3, 0.4) is 0 Å². The normalized spacial score (nSPS) is 12.7. The lowest BCUT2D eigenvalue weighted by Crippen LogP contribution is -2.43. The van der Waals surface area contributed by atoms with E-state index in [2.05, 4.69) is 5.32 Å². The van der Waals surface area contributed by atoms with E-state index < -0.39 is 0 Å². The van der Waals surface area contributed by atoms with Gasteiger partial charge >= 0.3 is 0 Å². The second-order valence-electron chi connectivity index (χ2n) is 3.65. The number of carbonyl (C=O) groups is 2. The molecule has 0 bridgehead atoms. The van der Waals surface area contributed by atoms with Crippen LogP contribution in [-0.4, -0.2) is 17.7 Å². The maximum atomic E-state index is 11.2. The first-order valence-electron chi connectivity index (χ1n) is 4.78. The Kier molecular flexibility index (Phi) is 5.35. The molecule has 0 heterocycles. The monoisotopic (exact) mass is 185 g/mol. The van der Waals surface area contributed by atoms with Gasteiger partial charge in [0.25, 0.3) is 0 Å². The zero-order valence-corrected chi connectivity index (χ0v) is 8.89. The number of nitrogens with one attached hydrogen (secondary N) is 1. The summed E-state index contributed by atoms with van der Waals surface area (Å²) in [5.41, 5.74) is 0. The van der Waals surface area contributed by atoms with Crippen LogP contribution in [0.25, 0.3) is 0 Å². The predicted molar refractivity (Wildman–Crippen MR) is 52.4 cm³/mol. The zero-order valence-electron chi connectivity index (χ0n) is 8.89. The molecule has 76 valence electrons. The summed E-state index contributed by atoms with van der Waals surface area (Å²) in [6.45, 7) is 7.31. The second-order valence-corrected chi connectivity index (χ2v) is 3.65. The third-order valence-corrected chi connectivity index (χ3v) is 1.90. The molecule has 0 aromatic rings. The van der Waals surface area contributed by atoms with Crippen LogP contribution in [0, 0.1) is 5.92 Å². The van der Waals surface area contributed by atoms with E-state index in [0.717, 1.165) is 6.42 Å². The summed E-state index contributed by atoms with van der Waals surface area (Å²) >= 11 is 0. The van der Waals surface area contributed by atoms with Gasteiger partial charge < -0.3 is 5.32 Å². The minimum absolute atomic E-state index is 0.0273. The largest absolute Gasteiger partial charge is 0.346 e. The van der Waals surface area contributed by atoms with Crippen molar-refractivity contribution in [2.24, 2.45) is 5.92 Å². The van der Waals surface area contributed by atoms with Gasteiger partial charge in [-0.15, -0.1) is 0 Å². The van der Waals surface area contributed by atoms with E-state index in [-0.39, 0.29) is 23.7 Å². The topological polar surface area (TPSA) is 46.2 Å². The van der Waals surface area contributed by atoms with Gasteiger partial charge in [-0.1, -0.05) is 20.8 Å². The minimum Gasteiger partial charge on any atom is -0.346 e. The molecule has 0 radical (unpaired) electrons. The molecule has 0 aromatic carbocycles. The first kappa shape index (κ1) is 12.1. The average molecular weight is 185 g/mol. The molecule has 13 heavy (non-hydrogen) atoms. The summed E-state index contributed by atoms with van der Waals surface area (Å²) in [7, 11) is 0. The summed E-state index contributed by atoms with van der Waals surface area (Å²) in [5.74, 6) is 0.161. The van der Waals surface area contributed by atoms with Gasteiger partial charge in [-0.05, 0) is 19.3 Å². The highest BCUT2D eigenvalue weighted by Crippen LogP contribution is 2.03. The zero-order chi connectivity index (χ0) is 10.4. The molecule has 0 unspecified atom stereocenters. The molecule has 0 saturated carbocycles. The molecule has 3 heteroatoms. The van der Waals surface area contributed by atoms with Crippen molar-refractivity contribution in [2.75, 3.05) is 0 Å². The van der Waals surface area contributed by atoms with Crippen molar-refractivity contribution in [3.8, 4) is 0 Å². The van der Waals surface area contributed by atoms with Crippen LogP contribution in [0.4, 0.5) is 0 Å². The number of ketones is 1. The van der Waals surface area contributed by atoms with Crippen LogP contribution >= 0.6 is 0 Å². The SMILES string of the molecule is CCCC(=O)N[C@@H](C(C)=O)C(C)C. The first-order chi connectivity index (χ1) is 5.99. The van der Waals surface area contributed by atoms with Crippen molar-refractivity contribution in [3.05, 3.63) is 0 Å². The van der Waals surface area contributed by atoms with Crippen molar-refractivity contribution < 1.29 is 9.59 Å². The number of amides is 1. The fourth-order valence-corrected chi connectivity index (χ4v) is 1.21. The number of rotatable bonds is 5. The molecule has 0 saturated heterocycles. The number of hydrogen-bond donors (Lipinski definition) is 1. The number of Topliss-reactive ketones (excluding diaryl/α,β-unsaturated/α-hetero) is 1. The molecule has 0 fully saturated rings. The summed E-state index contributed by atoms with van der Waals surface area (Å²) in [4.78, 5) is 22.3. The lowest BCUT2D eigenvalue weighted by molar-refractivity contribution is -0.127. The van der Waals surface area contributed by atoms with Crippen LogP contribution in [0.2, 0.25) is 0 Å². The van der Waals surface area contributed by atoms with E-state index in [9.17, 15) is 9.59 Å². The molecule has 0 aliphatic rings. The molecule has 1 N–H and O–H groups in total. The first-order valence-corrected chi connectivity index (χ1v) is 4.78. The smallest absolute Gasteiger partial charge is 0.220 e. The lowest BCUT2D eigenvalue weighted by atomic mass is 10.0. The highest BCUT2D eigenvalue weighted by molar-refractivity contribution is 5.87. The molecule has 1 amide bonds. The van der Waals surface area contributed by atoms with Gasteiger partial charge in [-0.2, -0.15) is 0 Å². The van der Waals surface area contributed by atoms with Gasteiger partial charge in [0.2, 0.25) is 5.91 Å². The maximum Gasteiger partial charge on any atom is 0.220 e. The minimum atomic E-state index is -0.320. The number of hydrogen-bond acceptors (Lipinski definition) is 2. The third-order valence-electron chi connectivity index (χ3n) is 1.90. The molecule has 1 atom stereocenters. The van der Waals surface area contributed by atoms with Gasteiger partial charge in [-0.3, -0.25) is 9.59 Å². The molecule has 3 nitrogen and oxygen atoms in total. The Bertz CT molecular complexity index is 187. The van der Waals surface area contributed by atoms with Crippen molar-refractivity contribution in [1.82, 2.24) is 5.32 Å². The van der Waals surface area contributed by atoms with Gasteiger partial charge in [0.05, 0.1) is 6.04 Å². The Balaban J connectivity index is 4.10. The Morgan fingerprint density at radius 2 is 1.85 bits per heavy atom. The Morgan fingerprint density at radius 1 is 1.31 bits per heavy atom. The van der Waals surface area contributed by atoms with Crippen LogP contribution < -0.4 is 5.32 Å². The summed E-state index contributed by atoms with van der Waals surface area (Å²) in [6, 6.07) is -0.320. The van der Waals surface area contributed by atoms with Gasteiger partial charge in [0.1, 0.15) is 0 Å². The molecule has 0 aromatic heterocycles. The van der Waals surface area contributed by atoms with E-state index in [4.69, 9.17) is 0 Å². The Labute approximate surface area is 79.9 Å². The van der Waals surface area contributed by atoms with E-state index in [1.54, 1.807) is 0 Å². The third kappa shape index (κ3) is 4.65. The van der Waals surface area contributed by atoms with Gasteiger partial charge in [-0.25, -0.2) is 0 Å². The van der Waals surface area contributed by atoms with Crippen LogP contribution in [0.15, 0.2) is 0 Å². The number of carbonyl (C=O) groups excluding carboxylic acids is 2. The molecular weight excluding hydrogens is 166 g/mol. The lowest BCUT2D eigenvalue weighted by Gasteiger charge is -2.19. The average Bonchev–Trinajstić information content (AvgIpc) is 1.99. The highest BCUT2D eigenvalue weighted by atomic mass is 16.2. The molecular formula is C10H19NO2. The highest BCUT2D eigenvalue weighted by Gasteiger charge is 2.19. The van der Waals surface area contributed by atoms with Crippen molar-refractivity contribution in [1.29, 1.82) is 0 Å². The Hall–Kier alpha value is -0.860. The predicted octanol–water partition coefficient (Wildman–Crippen LogP) is 1.52. The Morgan fingerprint density at radius 3 is 2.15 bits per heavy atom. The van der Waals surface area contributed by atoms with Crippen LogP contribution in [0.1, 0.15) is 40.5 Å². The van der Waals surface area contributed by atoms with Crippen molar-refractivity contribution >= 4 is 11.7 Å². The second kappa shape index (κ2) is 5.73. The van der Waals surface area contributed by atoms with Crippen LogP contribution in [0.5, 0.6) is 0 Å². The van der Waals surface area contributed by atoms with Gasteiger partial charge in [0, 0.05) is 6.42 Å². The fraction of sp³-hybridized carbons (Fsp3) is 0.800. The van der Waals surface area contributed by atoms with E-state index in [0.29, 0.717) is 6.42 Å². The summed E-state index contributed by atoms with van der Waals surface area (Å²) in [5, 5.41) is 2.73. The van der Waals surface area contributed by atoms with Gasteiger partial charge in [0.15, 0.2) is 5.78 Å².